The van der Waals surface area contributed by atoms with Crippen molar-refractivity contribution in [1.82, 2.24) is 4.90 Å². The summed E-state index contributed by atoms with van der Waals surface area (Å²) in [5.74, 6) is -0.641. The van der Waals surface area contributed by atoms with Crippen LogP contribution < -0.4 is 10.2 Å². The lowest BCUT2D eigenvalue weighted by Gasteiger charge is -2.17. The van der Waals surface area contributed by atoms with Crippen molar-refractivity contribution in [3.63, 3.8) is 0 Å². The standard InChI is InChI=1S/C30H28N4O4S2/c1-5-31-22-15-14-21(18(2)35)16-23(22)32-30-34(17-19-10-12-20(13-11-19)29(37)38-4)27(36)26(40-30)28-33(3)24-8-6-7-9-25(24)39-28/h6-16,31H,5,17H2,1-4H3. The molecule has 0 atom stereocenters. The van der Waals surface area contributed by atoms with Gasteiger partial charge in [0.2, 0.25) is 0 Å². The Kier molecular flexibility index (Phi) is 7.99. The SMILES string of the molecule is CCNc1ccc(C(C)=O)cc1N=C1SC(=C2Sc3ccccc3N2C)C(=O)N1Cc1ccc(C(=O)OC)cc1. The summed E-state index contributed by atoms with van der Waals surface area (Å²) in [4.78, 5) is 48.3. The van der Waals surface area contributed by atoms with E-state index in [4.69, 9.17) is 9.73 Å². The van der Waals surface area contributed by atoms with Crippen LogP contribution in [-0.2, 0) is 16.1 Å². The first-order valence-corrected chi connectivity index (χ1v) is 14.3. The molecule has 8 nitrogen and oxygen atoms in total. The molecule has 0 aromatic heterocycles. The van der Waals surface area contributed by atoms with Crippen molar-refractivity contribution in [3.8, 4) is 0 Å². The highest BCUT2D eigenvalue weighted by molar-refractivity contribution is 8.19. The van der Waals surface area contributed by atoms with Crippen molar-refractivity contribution in [2.75, 3.05) is 30.9 Å². The van der Waals surface area contributed by atoms with Crippen LogP contribution in [0.3, 0.4) is 0 Å². The molecule has 2 aliphatic rings. The third kappa shape index (κ3) is 5.37. The molecule has 1 fully saturated rings. The van der Waals surface area contributed by atoms with Gasteiger partial charge in [-0.05, 0) is 73.6 Å². The van der Waals surface area contributed by atoms with Gasteiger partial charge >= 0.3 is 5.97 Å². The molecule has 0 bridgehead atoms. The fraction of sp³-hybridized carbons (Fsp3) is 0.200. The van der Waals surface area contributed by atoms with Gasteiger partial charge in [0.05, 0.1) is 41.3 Å². The van der Waals surface area contributed by atoms with Crippen molar-refractivity contribution in [1.29, 1.82) is 0 Å². The van der Waals surface area contributed by atoms with Crippen LogP contribution in [0.4, 0.5) is 17.1 Å². The van der Waals surface area contributed by atoms with E-state index in [1.165, 1.54) is 25.8 Å². The summed E-state index contributed by atoms with van der Waals surface area (Å²) in [6.07, 6.45) is 0. The van der Waals surface area contributed by atoms with Crippen LogP contribution in [0.15, 0.2) is 86.6 Å². The number of methoxy groups -OCH3 is 1. The minimum atomic E-state index is -0.421. The minimum absolute atomic E-state index is 0.0632. The zero-order chi connectivity index (χ0) is 28.4. The topological polar surface area (TPSA) is 91.3 Å². The number of benzene rings is 3. The van der Waals surface area contributed by atoms with Crippen molar-refractivity contribution < 1.29 is 19.1 Å². The zero-order valence-electron chi connectivity index (χ0n) is 22.6. The molecule has 204 valence electrons. The second-order valence-electron chi connectivity index (χ2n) is 9.16. The molecule has 1 amide bonds. The maximum atomic E-state index is 14.0. The number of hydrogen-bond acceptors (Lipinski definition) is 9. The van der Waals surface area contributed by atoms with Gasteiger partial charge in [-0.25, -0.2) is 9.79 Å². The first kappa shape index (κ1) is 27.5. The van der Waals surface area contributed by atoms with Crippen molar-refractivity contribution in [2.45, 2.75) is 25.3 Å². The van der Waals surface area contributed by atoms with E-state index in [1.54, 1.807) is 53.1 Å². The number of amides is 1. The molecular weight excluding hydrogens is 544 g/mol. The number of aliphatic imine (C=N–C) groups is 1. The number of ether oxygens (including phenoxy) is 1. The molecule has 1 N–H and O–H groups in total. The van der Waals surface area contributed by atoms with Gasteiger partial charge in [0.25, 0.3) is 5.91 Å². The van der Waals surface area contributed by atoms with Crippen LogP contribution in [0.25, 0.3) is 0 Å². The van der Waals surface area contributed by atoms with E-state index in [2.05, 4.69) is 5.32 Å². The Morgan fingerprint density at radius 1 is 1.00 bits per heavy atom. The number of fused-ring (bicyclic) bond motifs is 1. The Bertz CT molecular complexity index is 1570. The summed E-state index contributed by atoms with van der Waals surface area (Å²) >= 11 is 2.88. The lowest BCUT2D eigenvalue weighted by atomic mass is 10.1. The van der Waals surface area contributed by atoms with Crippen molar-refractivity contribution >= 4 is 63.4 Å². The number of anilines is 2. The monoisotopic (exact) mass is 572 g/mol. The smallest absolute Gasteiger partial charge is 0.337 e. The second-order valence-corrected chi connectivity index (χ2v) is 11.2. The number of esters is 1. The number of carbonyl (C=O) groups excluding carboxylic acids is 3. The molecule has 10 heteroatoms. The fourth-order valence-corrected chi connectivity index (χ4v) is 6.73. The Labute approximate surface area is 241 Å². The van der Waals surface area contributed by atoms with E-state index in [0.29, 0.717) is 33.4 Å². The number of nitrogens with zero attached hydrogens (tertiary/aromatic N) is 3. The third-order valence-corrected chi connectivity index (χ3v) is 8.93. The molecule has 2 aliphatic heterocycles. The fourth-order valence-electron chi connectivity index (χ4n) is 4.39. The van der Waals surface area contributed by atoms with Gasteiger partial charge in [-0.1, -0.05) is 36.0 Å². The van der Waals surface area contributed by atoms with E-state index >= 15 is 0 Å². The quantitative estimate of drug-likeness (QED) is 0.201. The van der Waals surface area contributed by atoms with Crippen LogP contribution in [0.1, 0.15) is 40.1 Å². The summed E-state index contributed by atoms with van der Waals surface area (Å²) in [6, 6.07) is 20.4. The van der Waals surface area contributed by atoms with Crippen molar-refractivity contribution in [2.24, 2.45) is 4.99 Å². The molecule has 0 unspecified atom stereocenters. The highest BCUT2D eigenvalue weighted by atomic mass is 32.2. The molecule has 40 heavy (non-hydrogen) atoms. The molecule has 0 aliphatic carbocycles. The predicted octanol–water partition coefficient (Wildman–Crippen LogP) is 6.28. The Hall–Kier alpha value is -4.02. The third-order valence-electron chi connectivity index (χ3n) is 6.50. The van der Waals surface area contributed by atoms with Crippen molar-refractivity contribution in [3.05, 3.63) is 93.4 Å². The normalized spacial score (nSPS) is 17.4. The van der Waals surface area contributed by atoms with E-state index in [0.717, 1.165) is 26.9 Å². The molecule has 1 saturated heterocycles. The zero-order valence-corrected chi connectivity index (χ0v) is 24.2. The lowest BCUT2D eigenvalue weighted by Crippen LogP contribution is -2.29. The average Bonchev–Trinajstić information content (AvgIpc) is 3.45. The number of rotatable bonds is 7. The highest BCUT2D eigenvalue weighted by Gasteiger charge is 2.39. The molecule has 3 aromatic carbocycles. The first-order valence-electron chi connectivity index (χ1n) is 12.7. The number of nitrogens with one attached hydrogen (secondary N) is 1. The summed E-state index contributed by atoms with van der Waals surface area (Å²) in [6.45, 7) is 4.44. The van der Waals surface area contributed by atoms with Crippen LogP contribution >= 0.6 is 23.5 Å². The van der Waals surface area contributed by atoms with Gasteiger partial charge < -0.3 is 15.0 Å². The van der Waals surface area contributed by atoms with E-state index < -0.39 is 5.97 Å². The average molecular weight is 573 g/mol. The van der Waals surface area contributed by atoms with Crippen LogP contribution in [0.5, 0.6) is 0 Å². The summed E-state index contributed by atoms with van der Waals surface area (Å²) < 4.78 is 4.81. The number of hydrogen-bond donors (Lipinski definition) is 1. The molecule has 0 saturated carbocycles. The molecule has 0 radical (unpaired) electrons. The van der Waals surface area contributed by atoms with Gasteiger partial charge in [-0.15, -0.1) is 0 Å². The molecule has 3 aromatic rings. The van der Waals surface area contributed by atoms with Crippen LogP contribution in [0, 0.1) is 0 Å². The second kappa shape index (κ2) is 11.6. The largest absolute Gasteiger partial charge is 0.465 e. The summed E-state index contributed by atoms with van der Waals surface area (Å²) in [5.41, 5.74) is 4.21. The lowest BCUT2D eigenvalue weighted by molar-refractivity contribution is -0.122. The maximum Gasteiger partial charge on any atom is 0.337 e. The van der Waals surface area contributed by atoms with Gasteiger partial charge in [-0.3, -0.25) is 14.5 Å². The Morgan fingerprint density at radius 3 is 2.40 bits per heavy atom. The molecule has 0 spiro atoms. The Balaban J connectivity index is 1.57. The van der Waals surface area contributed by atoms with E-state index in [-0.39, 0.29) is 18.2 Å². The van der Waals surface area contributed by atoms with E-state index in [1.807, 2.05) is 49.2 Å². The van der Waals surface area contributed by atoms with E-state index in [9.17, 15) is 14.4 Å². The minimum Gasteiger partial charge on any atom is -0.465 e. The van der Waals surface area contributed by atoms with Gasteiger partial charge in [-0.2, -0.15) is 0 Å². The first-order chi connectivity index (χ1) is 19.3. The van der Waals surface area contributed by atoms with Crippen LogP contribution in [0.2, 0.25) is 0 Å². The number of para-hydroxylation sites is 1. The van der Waals surface area contributed by atoms with Crippen LogP contribution in [-0.4, -0.2) is 48.4 Å². The number of Topliss-reactive ketones (excluding diaryl/α,β-unsaturated/α-hetero) is 1. The molecule has 5 rings (SSSR count). The van der Waals surface area contributed by atoms with Gasteiger partial charge in [0.1, 0.15) is 4.91 Å². The highest BCUT2D eigenvalue weighted by Crippen LogP contribution is 2.50. The maximum absolute atomic E-state index is 14.0. The number of thioether (sulfide) groups is 2. The summed E-state index contributed by atoms with van der Waals surface area (Å²) in [7, 11) is 3.30. The number of ketones is 1. The van der Waals surface area contributed by atoms with Gasteiger partial charge in [0.15, 0.2) is 11.0 Å². The molecular formula is C30H28N4O4S2. The predicted molar refractivity (Wildman–Crippen MR) is 161 cm³/mol. The van der Waals surface area contributed by atoms with Gasteiger partial charge in [0, 0.05) is 24.1 Å². The number of amidine groups is 1. The Morgan fingerprint density at radius 2 is 1.73 bits per heavy atom. The number of carbonyl (C=O) groups is 3. The molecule has 2 heterocycles. The summed E-state index contributed by atoms with van der Waals surface area (Å²) in [5, 5.41) is 4.65.